The van der Waals surface area contributed by atoms with Crippen molar-refractivity contribution in [3.63, 3.8) is 0 Å². The van der Waals surface area contributed by atoms with E-state index in [9.17, 15) is 4.39 Å². The van der Waals surface area contributed by atoms with Gasteiger partial charge in [0, 0.05) is 0 Å². The van der Waals surface area contributed by atoms with Crippen molar-refractivity contribution in [1.82, 2.24) is 0 Å². The lowest BCUT2D eigenvalue weighted by molar-refractivity contribution is 0.163. The van der Waals surface area contributed by atoms with Gasteiger partial charge in [-0.3, -0.25) is 0 Å². The molecular weight excluding hydrogens is 213 g/mol. The summed E-state index contributed by atoms with van der Waals surface area (Å²) in [5.74, 6) is 0.638. The molecule has 1 fully saturated rings. The van der Waals surface area contributed by atoms with Crippen LogP contribution in [0.3, 0.4) is 0 Å². The lowest BCUT2D eigenvalue weighted by Crippen LogP contribution is -2.33. The summed E-state index contributed by atoms with van der Waals surface area (Å²) in [5, 5.41) is 0. The highest BCUT2D eigenvalue weighted by Crippen LogP contribution is 2.46. The van der Waals surface area contributed by atoms with Crippen LogP contribution in [0.5, 0.6) is 0 Å². The van der Waals surface area contributed by atoms with Gasteiger partial charge in [0.05, 0.1) is 0 Å². The standard InChI is InChI=1S/C15H22FN/c1-15(2)8-7-11(10-17)13(9-15)12-5-3-4-6-14(12)16/h3-6,11,13H,7-10,17H2,1-2H3. The molecule has 2 rings (SSSR count). The molecule has 0 aromatic heterocycles. The summed E-state index contributed by atoms with van der Waals surface area (Å²) in [6.07, 6.45) is 3.35. The third-order valence-corrected chi connectivity index (χ3v) is 4.14. The molecule has 2 unspecified atom stereocenters. The second-order valence-corrected chi connectivity index (χ2v) is 6.03. The lowest BCUT2D eigenvalue weighted by atomic mass is 9.65. The molecule has 2 N–H and O–H groups in total. The summed E-state index contributed by atoms with van der Waals surface area (Å²) < 4.78 is 13.9. The van der Waals surface area contributed by atoms with Gasteiger partial charge in [-0.25, -0.2) is 4.39 Å². The summed E-state index contributed by atoms with van der Waals surface area (Å²) in [6.45, 7) is 5.20. The number of hydrogen-bond donors (Lipinski definition) is 1. The second kappa shape index (κ2) is 4.77. The van der Waals surface area contributed by atoms with Gasteiger partial charge in [0.25, 0.3) is 0 Å². The van der Waals surface area contributed by atoms with Crippen molar-refractivity contribution in [3.8, 4) is 0 Å². The zero-order valence-electron chi connectivity index (χ0n) is 10.7. The van der Waals surface area contributed by atoms with Crippen LogP contribution in [0.15, 0.2) is 24.3 Å². The van der Waals surface area contributed by atoms with Crippen molar-refractivity contribution < 1.29 is 4.39 Å². The van der Waals surface area contributed by atoms with Crippen molar-refractivity contribution in [2.24, 2.45) is 17.1 Å². The molecule has 2 atom stereocenters. The first-order chi connectivity index (χ1) is 8.03. The minimum absolute atomic E-state index is 0.0753. The molecule has 0 heterocycles. The van der Waals surface area contributed by atoms with Crippen LogP contribution in [0, 0.1) is 17.2 Å². The van der Waals surface area contributed by atoms with Crippen molar-refractivity contribution >= 4 is 0 Å². The third kappa shape index (κ3) is 2.68. The van der Waals surface area contributed by atoms with Crippen LogP contribution in [0.2, 0.25) is 0 Å². The molecule has 1 aromatic rings. The largest absolute Gasteiger partial charge is 0.330 e. The van der Waals surface area contributed by atoms with Gasteiger partial charge < -0.3 is 5.73 Å². The molecule has 2 heteroatoms. The Labute approximate surface area is 103 Å². The maximum atomic E-state index is 13.9. The zero-order chi connectivity index (χ0) is 12.5. The molecule has 1 aromatic carbocycles. The lowest BCUT2D eigenvalue weighted by Gasteiger charge is -2.40. The average Bonchev–Trinajstić information content (AvgIpc) is 2.28. The molecule has 0 radical (unpaired) electrons. The van der Waals surface area contributed by atoms with Crippen molar-refractivity contribution in [1.29, 1.82) is 0 Å². The fraction of sp³-hybridized carbons (Fsp3) is 0.600. The Hall–Kier alpha value is -0.890. The fourth-order valence-corrected chi connectivity index (χ4v) is 3.06. The van der Waals surface area contributed by atoms with Crippen LogP contribution in [0.25, 0.3) is 0 Å². The highest BCUT2D eigenvalue weighted by atomic mass is 19.1. The van der Waals surface area contributed by atoms with Gasteiger partial charge in [-0.15, -0.1) is 0 Å². The predicted octanol–water partition coefficient (Wildman–Crippen LogP) is 3.69. The van der Waals surface area contributed by atoms with E-state index in [1.54, 1.807) is 12.1 Å². The van der Waals surface area contributed by atoms with Crippen molar-refractivity contribution in [2.75, 3.05) is 6.54 Å². The normalized spacial score (nSPS) is 28.0. The van der Waals surface area contributed by atoms with Gasteiger partial charge in [-0.2, -0.15) is 0 Å². The van der Waals surface area contributed by atoms with E-state index in [1.807, 2.05) is 12.1 Å². The molecule has 0 spiro atoms. The van der Waals surface area contributed by atoms with Crippen molar-refractivity contribution in [3.05, 3.63) is 35.6 Å². The fourth-order valence-electron chi connectivity index (χ4n) is 3.06. The summed E-state index contributed by atoms with van der Waals surface area (Å²) in [4.78, 5) is 0. The number of halogens is 1. The van der Waals surface area contributed by atoms with Crippen LogP contribution in [0.1, 0.15) is 44.6 Å². The van der Waals surface area contributed by atoms with Gasteiger partial charge in [-0.05, 0) is 54.7 Å². The first-order valence-electron chi connectivity index (χ1n) is 6.48. The maximum absolute atomic E-state index is 13.9. The van der Waals surface area contributed by atoms with E-state index < -0.39 is 0 Å². The van der Waals surface area contributed by atoms with E-state index in [4.69, 9.17) is 5.73 Å². The zero-order valence-corrected chi connectivity index (χ0v) is 10.7. The minimum atomic E-state index is -0.0753. The maximum Gasteiger partial charge on any atom is 0.126 e. The van der Waals surface area contributed by atoms with Gasteiger partial charge in [0.15, 0.2) is 0 Å². The van der Waals surface area contributed by atoms with E-state index >= 15 is 0 Å². The Bertz CT molecular complexity index is 386. The number of hydrogen-bond acceptors (Lipinski definition) is 1. The molecule has 0 amide bonds. The van der Waals surface area contributed by atoms with E-state index in [1.165, 1.54) is 6.42 Å². The molecule has 1 nitrogen and oxygen atoms in total. The second-order valence-electron chi connectivity index (χ2n) is 6.03. The highest BCUT2D eigenvalue weighted by molar-refractivity contribution is 5.23. The monoisotopic (exact) mass is 235 g/mol. The molecular formula is C15H22FN. The van der Waals surface area contributed by atoms with Crippen LogP contribution < -0.4 is 5.73 Å². The SMILES string of the molecule is CC1(C)CCC(CN)C(c2ccccc2F)C1. The van der Waals surface area contributed by atoms with Crippen LogP contribution >= 0.6 is 0 Å². The van der Waals surface area contributed by atoms with Crippen LogP contribution in [-0.2, 0) is 0 Å². The quantitative estimate of drug-likeness (QED) is 0.831. The van der Waals surface area contributed by atoms with E-state index in [-0.39, 0.29) is 11.7 Å². The summed E-state index contributed by atoms with van der Waals surface area (Å²) in [6, 6.07) is 7.16. The number of benzene rings is 1. The highest BCUT2D eigenvalue weighted by Gasteiger charge is 2.35. The molecule has 1 aliphatic rings. The van der Waals surface area contributed by atoms with E-state index in [0.717, 1.165) is 18.4 Å². The first-order valence-corrected chi connectivity index (χ1v) is 6.48. The Morgan fingerprint density at radius 3 is 2.71 bits per heavy atom. The first kappa shape index (κ1) is 12.6. The van der Waals surface area contributed by atoms with Gasteiger partial charge in [0.2, 0.25) is 0 Å². The Kier molecular flexibility index (Phi) is 3.53. The average molecular weight is 235 g/mol. The van der Waals surface area contributed by atoms with Crippen LogP contribution in [-0.4, -0.2) is 6.54 Å². The molecule has 0 aliphatic heterocycles. The van der Waals surface area contributed by atoms with Gasteiger partial charge >= 0.3 is 0 Å². The van der Waals surface area contributed by atoms with Crippen molar-refractivity contribution in [2.45, 2.75) is 39.0 Å². The van der Waals surface area contributed by atoms with E-state index in [0.29, 0.717) is 17.9 Å². The predicted molar refractivity (Wildman–Crippen MR) is 69.3 cm³/mol. The molecule has 1 saturated carbocycles. The number of rotatable bonds is 2. The Balaban J connectivity index is 2.30. The molecule has 0 bridgehead atoms. The molecule has 17 heavy (non-hydrogen) atoms. The summed E-state index contributed by atoms with van der Waals surface area (Å²) in [7, 11) is 0. The smallest absolute Gasteiger partial charge is 0.126 e. The minimum Gasteiger partial charge on any atom is -0.330 e. The van der Waals surface area contributed by atoms with Gasteiger partial charge in [0.1, 0.15) is 5.82 Å². The third-order valence-electron chi connectivity index (χ3n) is 4.14. The topological polar surface area (TPSA) is 26.0 Å². The molecule has 0 saturated heterocycles. The Morgan fingerprint density at radius 2 is 2.06 bits per heavy atom. The molecule has 1 aliphatic carbocycles. The Morgan fingerprint density at radius 1 is 1.35 bits per heavy atom. The summed E-state index contributed by atoms with van der Waals surface area (Å²) >= 11 is 0. The van der Waals surface area contributed by atoms with Gasteiger partial charge in [-0.1, -0.05) is 32.0 Å². The summed E-state index contributed by atoms with van der Waals surface area (Å²) in [5.41, 5.74) is 7.01. The van der Waals surface area contributed by atoms with Crippen LogP contribution in [0.4, 0.5) is 4.39 Å². The number of nitrogens with two attached hydrogens (primary N) is 1. The molecule has 94 valence electrons. The van der Waals surface area contributed by atoms with E-state index in [2.05, 4.69) is 13.8 Å².